The number of hydrogen-bond acceptors (Lipinski definition) is 5. The maximum atomic E-state index is 11.0. The minimum Gasteiger partial charge on any atom is -0.478 e. The molecule has 0 unspecified atom stereocenters. The van der Waals surface area contributed by atoms with Gasteiger partial charge in [0.2, 0.25) is 5.88 Å². The fourth-order valence-electron chi connectivity index (χ4n) is 2.41. The molecule has 0 saturated carbocycles. The van der Waals surface area contributed by atoms with Crippen molar-refractivity contribution in [1.82, 2.24) is 9.78 Å². The van der Waals surface area contributed by atoms with Gasteiger partial charge < -0.3 is 4.74 Å². The summed E-state index contributed by atoms with van der Waals surface area (Å²) in [6, 6.07) is 0. The molecule has 0 N–H and O–H groups in total. The third-order valence-electron chi connectivity index (χ3n) is 3.59. The lowest BCUT2D eigenvalue weighted by Crippen LogP contribution is -2.07. The van der Waals surface area contributed by atoms with E-state index in [4.69, 9.17) is 4.74 Å². The van der Waals surface area contributed by atoms with Crippen molar-refractivity contribution in [3.8, 4) is 5.88 Å². The molecule has 1 heterocycles. The summed E-state index contributed by atoms with van der Waals surface area (Å²) in [6.07, 6.45) is 8.05. The van der Waals surface area contributed by atoms with E-state index in [9.17, 15) is 8.42 Å². The number of aromatic nitrogens is 2. The standard InChI is InChI=1S/C16H29N3O3S/c1-4-7-9-11-14-15(18-23(20)21)17-19(12-10-8-5-2)16(14)22-13-6-3/h4-13H2,1-3H3. The minimum absolute atomic E-state index is 0.289. The first-order chi connectivity index (χ1) is 11.1. The van der Waals surface area contributed by atoms with Crippen molar-refractivity contribution < 1.29 is 13.2 Å². The van der Waals surface area contributed by atoms with Gasteiger partial charge in [0.05, 0.1) is 12.2 Å². The minimum atomic E-state index is -2.50. The van der Waals surface area contributed by atoms with E-state index >= 15 is 0 Å². The van der Waals surface area contributed by atoms with Gasteiger partial charge in [-0.05, 0) is 25.7 Å². The first-order valence-corrected chi connectivity index (χ1v) is 9.70. The largest absolute Gasteiger partial charge is 0.478 e. The lowest BCUT2D eigenvalue weighted by Gasteiger charge is -2.10. The molecule has 0 spiro atoms. The number of nitrogens with zero attached hydrogens (tertiary/aromatic N) is 3. The molecule has 132 valence electrons. The predicted molar refractivity (Wildman–Crippen MR) is 91.8 cm³/mol. The first-order valence-electron chi connectivity index (χ1n) is 8.67. The van der Waals surface area contributed by atoms with E-state index in [0.717, 1.165) is 63.5 Å². The molecular weight excluding hydrogens is 314 g/mol. The quantitative estimate of drug-likeness (QED) is 0.531. The van der Waals surface area contributed by atoms with Crippen LogP contribution in [0.25, 0.3) is 0 Å². The summed E-state index contributed by atoms with van der Waals surface area (Å²) in [7, 11) is -2.50. The number of aryl methyl sites for hydroxylation is 1. The van der Waals surface area contributed by atoms with Crippen molar-refractivity contribution in [2.75, 3.05) is 6.61 Å². The molecule has 0 saturated heterocycles. The van der Waals surface area contributed by atoms with Gasteiger partial charge in [0.15, 0.2) is 5.82 Å². The monoisotopic (exact) mass is 343 g/mol. The van der Waals surface area contributed by atoms with E-state index in [1.807, 2.05) is 6.92 Å². The molecule has 0 radical (unpaired) electrons. The van der Waals surface area contributed by atoms with Gasteiger partial charge in [0.1, 0.15) is 0 Å². The lowest BCUT2D eigenvalue weighted by molar-refractivity contribution is 0.278. The molecule has 0 atom stereocenters. The zero-order valence-corrected chi connectivity index (χ0v) is 15.4. The molecule has 1 aromatic rings. The maximum Gasteiger partial charge on any atom is 0.317 e. The Hall–Kier alpha value is -1.37. The highest BCUT2D eigenvalue weighted by molar-refractivity contribution is 7.61. The summed E-state index contributed by atoms with van der Waals surface area (Å²) in [5.41, 5.74) is 0.826. The van der Waals surface area contributed by atoms with Crippen molar-refractivity contribution in [3.63, 3.8) is 0 Å². The SMILES string of the molecule is CCCCCc1c(N=S(=O)=O)nn(CCCCC)c1OCCC. The van der Waals surface area contributed by atoms with Crippen LogP contribution < -0.4 is 4.74 Å². The fourth-order valence-corrected chi connectivity index (χ4v) is 2.70. The Kier molecular flexibility index (Phi) is 9.59. The molecule has 23 heavy (non-hydrogen) atoms. The smallest absolute Gasteiger partial charge is 0.317 e. The van der Waals surface area contributed by atoms with Gasteiger partial charge in [-0.3, -0.25) is 0 Å². The van der Waals surface area contributed by atoms with Crippen LogP contribution in [0.5, 0.6) is 5.88 Å². The first kappa shape index (κ1) is 19.7. The summed E-state index contributed by atoms with van der Waals surface area (Å²) in [6.45, 7) is 7.66. The van der Waals surface area contributed by atoms with Gasteiger partial charge in [0.25, 0.3) is 0 Å². The number of ether oxygens (including phenoxy) is 1. The molecule has 7 heteroatoms. The van der Waals surface area contributed by atoms with Crippen LogP contribution in [-0.2, 0) is 23.5 Å². The van der Waals surface area contributed by atoms with Crippen molar-refractivity contribution >= 4 is 16.3 Å². The highest BCUT2D eigenvalue weighted by atomic mass is 32.2. The van der Waals surface area contributed by atoms with Crippen LogP contribution in [0.2, 0.25) is 0 Å². The molecule has 0 aliphatic carbocycles. The average Bonchev–Trinajstić information content (AvgIpc) is 2.82. The maximum absolute atomic E-state index is 11.0. The van der Waals surface area contributed by atoms with Gasteiger partial charge >= 0.3 is 10.5 Å². The van der Waals surface area contributed by atoms with Gasteiger partial charge in [0, 0.05) is 6.54 Å². The van der Waals surface area contributed by atoms with Crippen LogP contribution in [0.15, 0.2) is 4.36 Å². The summed E-state index contributed by atoms with van der Waals surface area (Å²) in [5, 5.41) is 4.39. The van der Waals surface area contributed by atoms with Crippen LogP contribution in [0.1, 0.15) is 71.3 Å². The van der Waals surface area contributed by atoms with Crippen molar-refractivity contribution in [1.29, 1.82) is 0 Å². The Balaban J connectivity index is 3.12. The normalized spacial score (nSPS) is 10.7. The molecule has 1 rings (SSSR count). The predicted octanol–water partition coefficient (Wildman–Crippen LogP) is 4.29. The number of unbranched alkanes of at least 4 members (excludes halogenated alkanes) is 4. The van der Waals surface area contributed by atoms with E-state index in [2.05, 4.69) is 23.3 Å². The molecular formula is C16H29N3O3S. The van der Waals surface area contributed by atoms with Crippen LogP contribution in [0, 0.1) is 0 Å². The van der Waals surface area contributed by atoms with Crippen LogP contribution >= 0.6 is 0 Å². The van der Waals surface area contributed by atoms with Crippen molar-refractivity contribution in [2.45, 2.75) is 78.7 Å². The zero-order valence-electron chi connectivity index (χ0n) is 14.5. The second kappa shape index (κ2) is 11.2. The van der Waals surface area contributed by atoms with Crippen LogP contribution in [0.3, 0.4) is 0 Å². The fraction of sp³-hybridized carbons (Fsp3) is 0.812. The molecule has 0 bridgehead atoms. The molecule has 0 aromatic carbocycles. The Labute approximate surface area is 140 Å². The Morgan fingerprint density at radius 3 is 2.35 bits per heavy atom. The van der Waals surface area contributed by atoms with Crippen molar-refractivity contribution in [3.05, 3.63) is 5.56 Å². The second-order valence-corrected chi connectivity index (χ2v) is 6.27. The highest BCUT2D eigenvalue weighted by Gasteiger charge is 2.19. The molecule has 1 aromatic heterocycles. The molecule has 6 nitrogen and oxygen atoms in total. The highest BCUT2D eigenvalue weighted by Crippen LogP contribution is 2.31. The third kappa shape index (κ3) is 6.72. The van der Waals surface area contributed by atoms with Crippen LogP contribution in [0.4, 0.5) is 5.82 Å². The Morgan fingerprint density at radius 2 is 1.74 bits per heavy atom. The van der Waals surface area contributed by atoms with Gasteiger partial charge in [-0.1, -0.05) is 46.5 Å². The average molecular weight is 343 g/mol. The van der Waals surface area contributed by atoms with E-state index in [-0.39, 0.29) is 5.82 Å². The summed E-state index contributed by atoms with van der Waals surface area (Å²) < 4.78 is 33.3. The molecule has 0 aliphatic heterocycles. The van der Waals surface area contributed by atoms with Gasteiger partial charge in [-0.15, -0.1) is 9.46 Å². The summed E-state index contributed by atoms with van der Waals surface area (Å²) in [5.74, 6) is 0.986. The van der Waals surface area contributed by atoms with Crippen molar-refractivity contribution in [2.24, 2.45) is 4.36 Å². The van der Waals surface area contributed by atoms with Crippen LogP contribution in [-0.4, -0.2) is 24.8 Å². The second-order valence-electron chi connectivity index (χ2n) is 5.65. The Bertz CT molecular complexity index is 586. The van der Waals surface area contributed by atoms with Gasteiger partial charge in [-0.2, -0.15) is 8.42 Å². The van der Waals surface area contributed by atoms with E-state index in [1.165, 1.54) is 0 Å². The summed E-state index contributed by atoms with van der Waals surface area (Å²) >= 11 is 0. The van der Waals surface area contributed by atoms with E-state index < -0.39 is 10.5 Å². The zero-order chi connectivity index (χ0) is 17.1. The molecule has 0 amide bonds. The van der Waals surface area contributed by atoms with Gasteiger partial charge in [-0.25, -0.2) is 4.68 Å². The Morgan fingerprint density at radius 1 is 1.04 bits per heavy atom. The number of hydrogen-bond donors (Lipinski definition) is 0. The number of rotatable bonds is 12. The summed E-state index contributed by atoms with van der Waals surface area (Å²) in [4.78, 5) is 0. The van der Waals surface area contributed by atoms with E-state index in [1.54, 1.807) is 4.68 Å². The molecule has 0 aliphatic rings. The molecule has 0 fully saturated rings. The van der Waals surface area contributed by atoms with E-state index in [0.29, 0.717) is 12.5 Å². The topological polar surface area (TPSA) is 73.5 Å². The lowest BCUT2D eigenvalue weighted by atomic mass is 10.1. The third-order valence-corrected chi connectivity index (χ3v) is 3.91.